The third-order valence-corrected chi connectivity index (χ3v) is 21.9. The van der Waals surface area contributed by atoms with Gasteiger partial charge in [0.1, 0.15) is 0 Å². The van der Waals surface area contributed by atoms with E-state index in [1.807, 2.05) is 0 Å². The highest BCUT2D eigenvalue weighted by Crippen LogP contribution is 2.51. The highest BCUT2D eigenvalue weighted by Gasteiger charge is 2.28. The van der Waals surface area contributed by atoms with Crippen molar-refractivity contribution in [2.24, 2.45) is 0 Å². The molecular weight excluding hydrogens is 1370 g/mol. The summed E-state index contributed by atoms with van der Waals surface area (Å²) in [5, 5.41) is 8.75. The van der Waals surface area contributed by atoms with Crippen LogP contribution < -0.4 is 0 Å². The zero-order valence-corrected chi connectivity index (χ0v) is 62.7. The molecule has 12 heteroatoms. The van der Waals surface area contributed by atoms with Crippen LogP contribution in [0.15, 0.2) is 285 Å². The maximum Gasteiger partial charge on any atom is 0.164 e. The minimum absolute atomic E-state index is 0.577. The summed E-state index contributed by atoms with van der Waals surface area (Å²) in [6.45, 7) is 14.7. The number of hydrogen-bond donors (Lipinski definition) is 0. The summed E-state index contributed by atoms with van der Waals surface area (Å²) in [4.78, 5) is 62.8. The predicted molar refractivity (Wildman–Crippen MR) is 453 cm³/mol. The van der Waals surface area contributed by atoms with Crippen LogP contribution in [-0.2, 0) is 6.42 Å². The van der Waals surface area contributed by atoms with E-state index in [4.69, 9.17) is 59.8 Å². The van der Waals surface area contributed by atoms with Crippen molar-refractivity contribution in [3.8, 4) is 159 Å². The van der Waals surface area contributed by atoms with Gasteiger partial charge < -0.3 is 0 Å². The standard InChI is InChI=1S/C100H70N12/c1-56-11-26-66(27-12-56)89-104-96(106-97(105-89)74-45-46-76-79-51-52-84(77-9-8-10-78(88(77)79)85(76)55-74)100-110-92(69-32-17-59(4)18-33-69)102-93(111-100)70-34-19-60(5)20-35-70)73-38-23-62(7)75(54-73)53-63-24-39-72(40-25-63)95-103-94(71-36-21-61(6)22-37-71)109-99(112-95)83-50-44-65-41-47-80-82(49-43-64-42-48-81(83)87(65)86(64)80)98-107-90(67-28-13-57(2)14-29-67)101-91(108-98)68-30-15-58(3)16-31-68/h8-52,54-55H,53H2,1-7H3. The Morgan fingerprint density at radius 2 is 0.455 bits per heavy atom. The average molecular weight is 1440 g/mol. The van der Waals surface area contributed by atoms with Gasteiger partial charge in [-0.2, -0.15) is 0 Å². The van der Waals surface area contributed by atoms with Gasteiger partial charge in [0, 0.05) is 66.8 Å². The Bertz CT molecular complexity index is 6850. The van der Waals surface area contributed by atoms with Crippen molar-refractivity contribution >= 4 is 43.1 Å². The van der Waals surface area contributed by atoms with Crippen molar-refractivity contribution in [2.45, 2.75) is 54.9 Å². The zero-order chi connectivity index (χ0) is 75.4. The molecule has 4 heterocycles. The first-order chi connectivity index (χ1) is 54.8. The lowest BCUT2D eigenvalue weighted by Crippen LogP contribution is -2.02. The Morgan fingerprint density at radius 1 is 0.188 bits per heavy atom. The monoisotopic (exact) mass is 1440 g/mol. The highest BCUT2D eigenvalue weighted by molar-refractivity contribution is 6.27. The van der Waals surface area contributed by atoms with Crippen LogP contribution in [-0.4, -0.2) is 59.8 Å². The second kappa shape index (κ2) is 27.1. The topological polar surface area (TPSA) is 155 Å². The minimum atomic E-state index is 0.577. The van der Waals surface area contributed by atoms with Gasteiger partial charge in [0.05, 0.1) is 0 Å². The van der Waals surface area contributed by atoms with Crippen molar-refractivity contribution in [3.63, 3.8) is 0 Å². The molecule has 1 aliphatic rings. The molecule has 1 aliphatic carbocycles. The SMILES string of the molecule is Cc1ccc(-c2nc(-c3ccc(C)c(Cc4ccc(-c5nc(-c6ccc(C)cc6)nc(-c6ccc7ccc8c(-c9nc(-c%10ccc(C)cc%10)nc(-c%10ccc(C)cc%10)n9)ccc9ccc6c7c98)n5)cc4)c3)nc(-c3ccc4c(c3)-c3cccc5c(-c6nc(-c7ccc(C)cc7)nc(-c7ccc(C)cc7)n6)ccc-4c35)n2)cc1. The molecule has 0 atom stereocenters. The van der Waals surface area contributed by atoms with Crippen molar-refractivity contribution in [1.82, 2.24) is 59.8 Å². The summed E-state index contributed by atoms with van der Waals surface area (Å²) in [7, 11) is 0. The van der Waals surface area contributed by atoms with Crippen molar-refractivity contribution in [2.75, 3.05) is 0 Å². The predicted octanol–water partition coefficient (Wildman–Crippen LogP) is 23.9. The van der Waals surface area contributed by atoms with E-state index < -0.39 is 0 Å². The van der Waals surface area contributed by atoms with E-state index in [1.165, 1.54) is 22.3 Å². The van der Waals surface area contributed by atoms with E-state index >= 15 is 0 Å². The van der Waals surface area contributed by atoms with Crippen LogP contribution >= 0.6 is 0 Å². The second-order valence-electron chi connectivity index (χ2n) is 29.7. The van der Waals surface area contributed by atoms with Gasteiger partial charge in [0.15, 0.2) is 69.9 Å². The van der Waals surface area contributed by atoms with Crippen LogP contribution in [0.5, 0.6) is 0 Å². The quantitative estimate of drug-likeness (QED) is 0.0952. The number of fused-ring (bicyclic) bond motifs is 3. The smallest absolute Gasteiger partial charge is 0.164 e. The molecule has 19 aromatic rings. The summed E-state index contributed by atoms with van der Waals surface area (Å²) in [6, 6.07) is 100. The molecule has 530 valence electrons. The largest absolute Gasteiger partial charge is 0.208 e. The Morgan fingerprint density at radius 3 is 0.830 bits per heavy atom. The van der Waals surface area contributed by atoms with E-state index in [0.29, 0.717) is 76.3 Å². The van der Waals surface area contributed by atoms with Crippen LogP contribution in [0.2, 0.25) is 0 Å². The molecule has 0 saturated carbocycles. The number of benzene rings is 15. The second-order valence-corrected chi connectivity index (χ2v) is 29.7. The van der Waals surface area contributed by atoms with Gasteiger partial charge in [0.2, 0.25) is 0 Å². The van der Waals surface area contributed by atoms with Gasteiger partial charge in [-0.3, -0.25) is 0 Å². The first-order valence-corrected chi connectivity index (χ1v) is 37.8. The molecule has 0 N–H and O–H groups in total. The molecule has 15 aromatic carbocycles. The van der Waals surface area contributed by atoms with E-state index in [9.17, 15) is 0 Å². The molecule has 0 amide bonds. The van der Waals surface area contributed by atoms with Crippen molar-refractivity contribution in [3.05, 3.63) is 335 Å². The fourth-order valence-corrected chi connectivity index (χ4v) is 15.6. The van der Waals surface area contributed by atoms with Crippen LogP contribution in [0.25, 0.3) is 202 Å². The summed E-state index contributed by atoms with van der Waals surface area (Å²) in [5.74, 6) is 7.23. The normalized spacial score (nSPS) is 11.7. The summed E-state index contributed by atoms with van der Waals surface area (Å²) >= 11 is 0. The Balaban J connectivity index is 0.632. The fraction of sp³-hybridized carbons (Fsp3) is 0.0800. The molecule has 0 bridgehead atoms. The summed E-state index contributed by atoms with van der Waals surface area (Å²) in [5.41, 5.74) is 25.9. The lowest BCUT2D eigenvalue weighted by Gasteiger charge is -2.16. The van der Waals surface area contributed by atoms with Crippen LogP contribution in [0.4, 0.5) is 0 Å². The van der Waals surface area contributed by atoms with Crippen LogP contribution in [0, 0.1) is 48.5 Å². The number of hydrogen-bond acceptors (Lipinski definition) is 12. The van der Waals surface area contributed by atoms with Crippen molar-refractivity contribution in [1.29, 1.82) is 0 Å². The molecule has 0 radical (unpaired) electrons. The van der Waals surface area contributed by atoms with E-state index in [1.54, 1.807) is 0 Å². The third kappa shape index (κ3) is 12.2. The third-order valence-electron chi connectivity index (χ3n) is 21.9. The zero-order valence-electron chi connectivity index (χ0n) is 62.7. The van der Waals surface area contributed by atoms with E-state index in [-0.39, 0.29) is 0 Å². The molecule has 112 heavy (non-hydrogen) atoms. The van der Waals surface area contributed by atoms with Gasteiger partial charge in [-0.1, -0.05) is 288 Å². The Labute approximate surface area is 647 Å². The van der Waals surface area contributed by atoms with Gasteiger partial charge in [0.25, 0.3) is 0 Å². The summed E-state index contributed by atoms with van der Waals surface area (Å²) in [6.07, 6.45) is 0.660. The Kier molecular flexibility index (Phi) is 16.2. The van der Waals surface area contributed by atoms with E-state index in [0.717, 1.165) is 160 Å². The van der Waals surface area contributed by atoms with Crippen LogP contribution in [0.1, 0.15) is 50.1 Å². The average Bonchev–Trinajstić information content (AvgIpc) is 1.09. The molecule has 12 nitrogen and oxygen atoms in total. The van der Waals surface area contributed by atoms with Gasteiger partial charge in [-0.15, -0.1) is 0 Å². The first kappa shape index (κ1) is 67.0. The molecule has 0 saturated heterocycles. The lowest BCUT2D eigenvalue weighted by atomic mass is 9.89. The highest BCUT2D eigenvalue weighted by atomic mass is 15.1. The molecule has 0 spiro atoms. The molecular formula is C100H70N12. The van der Waals surface area contributed by atoms with Gasteiger partial charge >= 0.3 is 0 Å². The minimum Gasteiger partial charge on any atom is -0.208 e. The molecule has 0 aliphatic heterocycles. The fourth-order valence-electron chi connectivity index (χ4n) is 15.6. The molecule has 0 fully saturated rings. The maximum absolute atomic E-state index is 5.39. The molecule has 4 aromatic heterocycles. The molecule has 0 unspecified atom stereocenters. The van der Waals surface area contributed by atoms with Gasteiger partial charge in [-0.25, -0.2) is 59.8 Å². The Hall–Kier alpha value is -14.4. The summed E-state index contributed by atoms with van der Waals surface area (Å²) < 4.78 is 0. The number of nitrogens with zero attached hydrogens (tertiary/aromatic N) is 12. The van der Waals surface area contributed by atoms with Crippen molar-refractivity contribution < 1.29 is 0 Å². The number of aryl methyl sites for hydroxylation is 7. The van der Waals surface area contributed by atoms with Crippen LogP contribution in [0.3, 0.4) is 0 Å². The molecule has 20 rings (SSSR count). The number of aromatic nitrogens is 12. The lowest BCUT2D eigenvalue weighted by molar-refractivity contribution is 1.07. The maximum atomic E-state index is 5.39. The van der Waals surface area contributed by atoms with Gasteiger partial charge in [-0.05, 0) is 167 Å². The number of rotatable bonds is 14. The van der Waals surface area contributed by atoms with E-state index in [2.05, 4.69) is 334 Å². The first-order valence-electron chi connectivity index (χ1n) is 37.8.